The lowest BCUT2D eigenvalue weighted by Gasteiger charge is -2.12. The maximum Gasteiger partial charge on any atom is 0.258 e. The highest BCUT2D eigenvalue weighted by molar-refractivity contribution is 7.99. The van der Waals surface area contributed by atoms with Gasteiger partial charge in [-0.05, 0) is 36.6 Å². The molecule has 27 heavy (non-hydrogen) atoms. The summed E-state index contributed by atoms with van der Waals surface area (Å²) in [7, 11) is 0. The first-order valence-corrected chi connectivity index (χ1v) is 11.3. The van der Waals surface area contributed by atoms with Crippen LogP contribution >= 0.6 is 23.1 Å². The van der Waals surface area contributed by atoms with E-state index in [1.807, 2.05) is 5.38 Å². The SMILES string of the molecule is CCCCCSc1ncnc(CC2CCCC2O)n1.NC(=O)c1cccs1. The van der Waals surface area contributed by atoms with Crippen LogP contribution in [0.1, 0.15) is 60.9 Å². The lowest BCUT2D eigenvalue weighted by Crippen LogP contribution is -2.17. The normalized spacial score (nSPS) is 18.7. The summed E-state index contributed by atoms with van der Waals surface area (Å²) in [6.07, 6.45) is 9.07. The van der Waals surface area contributed by atoms with Gasteiger partial charge in [0.25, 0.3) is 5.91 Å². The molecule has 0 aromatic carbocycles. The molecule has 1 fully saturated rings. The van der Waals surface area contributed by atoms with Crippen LogP contribution in [0.2, 0.25) is 0 Å². The van der Waals surface area contributed by atoms with Crippen LogP contribution in [0, 0.1) is 5.92 Å². The van der Waals surface area contributed by atoms with Crippen LogP contribution in [0.4, 0.5) is 0 Å². The Balaban J connectivity index is 0.000000273. The molecule has 3 rings (SSSR count). The van der Waals surface area contributed by atoms with E-state index in [-0.39, 0.29) is 12.0 Å². The van der Waals surface area contributed by atoms with Crippen molar-refractivity contribution in [3.05, 3.63) is 34.5 Å². The number of hydrogen-bond donors (Lipinski definition) is 2. The molecule has 2 aromatic rings. The van der Waals surface area contributed by atoms with Crippen molar-refractivity contribution in [2.75, 3.05) is 5.75 Å². The van der Waals surface area contributed by atoms with E-state index in [1.54, 1.807) is 30.2 Å². The minimum Gasteiger partial charge on any atom is -0.393 e. The van der Waals surface area contributed by atoms with E-state index in [0.717, 1.165) is 42.4 Å². The predicted molar refractivity (Wildman–Crippen MR) is 110 cm³/mol. The zero-order valence-electron chi connectivity index (χ0n) is 15.7. The molecular formula is C19H28N4O2S2. The van der Waals surface area contributed by atoms with Crippen molar-refractivity contribution in [1.82, 2.24) is 15.0 Å². The summed E-state index contributed by atoms with van der Waals surface area (Å²) in [5.41, 5.74) is 4.93. The fourth-order valence-corrected chi connectivity index (χ4v) is 4.30. The summed E-state index contributed by atoms with van der Waals surface area (Å²) in [6.45, 7) is 2.21. The van der Waals surface area contributed by atoms with Crippen molar-refractivity contribution in [2.45, 2.75) is 63.1 Å². The number of aliphatic hydroxyl groups excluding tert-OH is 1. The molecule has 1 aliphatic rings. The Morgan fingerprint density at radius 2 is 2.22 bits per heavy atom. The van der Waals surface area contributed by atoms with Gasteiger partial charge in [-0.3, -0.25) is 4.79 Å². The lowest BCUT2D eigenvalue weighted by atomic mass is 10.0. The van der Waals surface area contributed by atoms with E-state index in [0.29, 0.717) is 10.8 Å². The fourth-order valence-electron chi connectivity index (χ4n) is 2.91. The average Bonchev–Trinajstić information content (AvgIpc) is 3.33. The first-order valence-electron chi connectivity index (χ1n) is 9.42. The number of carbonyl (C=O) groups excluding carboxylic acids is 1. The van der Waals surface area contributed by atoms with Gasteiger partial charge in [0.05, 0.1) is 11.0 Å². The summed E-state index contributed by atoms with van der Waals surface area (Å²) in [5.74, 6) is 1.89. The second-order valence-corrected chi connectivity index (χ2v) is 8.55. The molecule has 8 heteroatoms. The van der Waals surface area contributed by atoms with Crippen molar-refractivity contribution >= 4 is 29.0 Å². The molecule has 2 heterocycles. The number of primary amides is 1. The van der Waals surface area contributed by atoms with Crippen molar-refractivity contribution in [3.8, 4) is 0 Å². The second kappa shape index (κ2) is 12.0. The number of nitrogens with zero attached hydrogens (tertiary/aromatic N) is 3. The molecule has 0 bridgehead atoms. The van der Waals surface area contributed by atoms with Gasteiger partial charge in [0.15, 0.2) is 5.16 Å². The number of thiophene rings is 1. The van der Waals surface area contributed by atoms with Crippen molar-refractivity contribution in [2.24, 2.45) is 11.7 Å². The second-order valence-electron chi connectivity index (χ2n) is 6.54. The van der Waals surface area contributed by atoms with Gasteiger partial charge in [0.1, 0.15) is 12.2 Å². The summed E-state index contributed by atoms with van der Waals surface area (Å²) in [5, 5.41) is 12.5. The minimum atomic E-state index is -0.347. The van der Waals surface area contributed by atoms with Crippen LogP contribution in [0.5, 0.6) is 0 Å². The Kier molecular flexibility index (Phi) is 9.72. The van der Waals surface area contributed by atoms with Crippen molar-refractivity contribution < 1.29 is 9.90 Å². The summed E-state index contributed by atoms with van der Waals surface area (Å²) >= 11 is 3.07. The van der Waals surface area contributed by atoms with Gasteiger partial charge in [-0.15, -0.1) is 11.3 Å². The molecule has 148 valence electrons. The van der Waals surface area contributed by atoms with E-state index in [2.05, 4.69) is 21.9 Å². The zero-order valence-corrected chi connectivity index (χ0v) is 17.3. The van der Waals surface area contributed by atoms with E-state index in [9.17, 15) is 9.90 Å². The number of aliphatic hydroxyl groups is 1. The molecule has 3 N–H and O–H groups in total. The van der Waals surface area contributed by atoms with Crippen LogP contribution in [-0.4, -0.2) is 37.8 Å². The smallest absolute Gasteiger partial charge is 0.258 e. The van der Waals surface area contributed by atoms with Crippen LogP contribution in [0.15, 0.2) is 29.0 Å². The number of nitrogens with two attached hydrogens (primary N) is 1. The molecule has 2 atom stereocenters. The predicted octanol–water partition coefficient (Wildman–Crippen LogP) is 3.70. The molecule has 2 unspecified atom stereocenters. The van der Waals surface area contributed by atoms with Gasteiger partial charge < -0.3 is 10.8 Å². The molecule has 1 aliphatic carbocycles. The summed E-state index contributed by atoms with van der Waals surface area (Å²) in [6, 6.07) is 3.50. The zero-order chi connectivity index (χ0) is 19.5. The van der Waals surface area contributed by atoms with Gasteiger partial charge in [0.2, 0.25) is 0 Å². The van der Waals surface area contributed by atoms with E-state index >= 15 is 0 Å². The quantitative estimate of drug-likeness (QED) is 0.510. The van der Waals surface area contributed by atoms with Crippen LogP contribution in [0.25, 0.3) is 0 Å². The maximum absolute atomic E-state index is 10.3. The van der Waals surface area contributed by atoms with Crippen LogP contribution in [-0.2, 0) is 6.42 Å². The Morgan fingerprint density at radius 3 is 2.81 bits per heavy atom. The number of hydrogen-bond acceptors (Lipinski definition) is 7. The van der Waals surface area contributed by atoms with Crippen molar-refractivity contribution in [1.29, 1.82) is 0 Å². The van der Waals surface area contributed by atoms with E-state index < -0.39 is 0 Å². The highest BCUT2D eigenvalue weighted by atomic mass is 32.2. The minimum absolute atomic E-state index is 0.169. The average molecular weight is 409 g/mol. The Morgan fingerprint density at radius 1 is 1.37 bits per heavy atom. The third-order valence-corrected chi connectivity index (χ3v) is 6.24. The first kappa shape index (κ1) is 21.8. The molecule has 0 radical (unpaired) electrons. The number of amides is 1. The van der Waals surface area contributed by atoms with Crippen LogP contribution < -0.4 is 5.73 Å². The Hall–Kier alpha value is -1.51. The van der Waals surface area contributed by atoms with Crippen molar-refractivity contribution in [3.63, 3.8) is 0 Å². The van der Waals surface area contributed by atoms with Gasteiger partial charge in [-0.2, -0.15) is 0 Å². The van der Waals surface area contributed by atoms with Crippen LogP contribution in [0.3, 0.4) is 0 Å². The molecule has 1 saturated carbocycles. The van der Waals surface area contributed by atoms with E-state index in [1.165, 1.54) is 30.6 Å². The van der Waals surface area contributed by atoms with Gasteiger partial charge >= 0.3 is 0 Å². The molecule has 0 saturated heterocycles. The largest absolute Gasteiger partial charge is 0.393 e. The van der Waals surface area contributed by atoms with Gasteiger partial charge in [0, 0.05) is 12.2 Å². The topological polar surface area (TPSA) is 102 Å². The molecule has 1 amide bonds. The summed E-state index contributed by atoms with van der Waals surface area (Å²) in [4.78, 5) is 23.9. The van der Waals surface area contributed by atoms with Gasteiger partial charge in [-0.25, -0.2) is 15.0 Å². The fraction of sp³-hybridized carbons (Fsp3) is 0.579. The number of thioether (sulfide) groups is 1. The monoisotopic (exact) mass is 408 g/mol. The molecule has 6 nitrogen and oxygen atoms in total. The molecule has 2 aromatic heterocycles. The Bertz CT molecular complexity index is 682. The molecular weight excluding hydrogens is 380 g/mol. The van der Waals surface area contributed by atoms with Gasteiger partial charge in [-0.1, -0.05) is 44.0 Å². The number of rotatable bonds is 8. The Labute approximate surface area is 169 Å². The lowest BCUT2D eigenvalue weighted by molar-refractivity contribution is 0.100. The standard InChI is InChI=1S/C14H23N3OS.C5H5NOS/c1-2-3-4-8-19-14-16-10-15-13(17-14)9-11-6-5-7-12(11)18;6-5(7)4-2-1-3-8-4/h10-12,18H,2-9H2,1H3;1-3H,(H2,6,7). The van der Waals surface area contributed by atoms with E-state index in [4.69, 9.17) is 5.73 Å². The maximum atomic E-state index is 10.3. The first-order chi connectivity index (χ1) is 13.1. The number of unbranched alkanes of at least 4 members (excludes halogenated alkanes) is 2. The number of aromatic nitrogens is 3. The molecule has 0 spiro atoms. The number of carbonyl (C=O) groups is 1. The highest BCUT2D eigenvalue weighted by Crippen LogP contribution is 2.28. The summed E-state index contributed by atoms with van der Waals surface area (Å²) < 4.78 is 0. The third kappa shape index (κ3) is 7.94. The highest BCUT2D eigenvalue weighted by Gasteiger charge is 2.26. The third-order valence-electron chi connectivity index (χ3n) is 4.41. The molecule has 0 aliphatic heterocycles.